The lowest BCUT2D eigenvalue weighted by molar-refractivity contribution is 0.0994. The summed E-state index contributed by atoms with van der Waals surface area (Å²) in [5, 5.41) is 0.985. The number of aromatic amines is 1. The van der Waals surface area contributed by atoms with Gasteiger partial charge in [0.2, 0.25) is 0 Å². The predicted octanol–water partition coefficient (Wildman–Crippen LogP) is 3.91. The van der Waals surface area contributed by atoms with Crippen molar-refractivity contribution in [2.24, 2.45) is 0 Å². The number of aromatic nitrogens is 1. The minimum absolute atomic E-state index is 0.121. The molecule has 3 heteroatoms. The number of benzene rings is 2. The maximum atomic E-state index is 12.5. The molecule has 0 fully saturated rings. The number of fused-ring (bicyclic) bond motifs is 1. The number of Topliss-reactive ketones (excluding diaryl/α,β-unsaturated/α-hetero) is 1. The number of hydrogen-bond donors (Lipinski definition) is 1. The van der Waals surface area contributed by atoms with Gasteiger partial charge in [0, 0.05) is 29.1 Å². The van der Waals surface area contributed by atoms with Gasteiger partial charge in [0.05, 0.1) is 7.11 Å². The van der Waals surface area contributed by atoms with Crippen molar-refractivity contribution in [3.05, 3.63) is 65.4 Å². The van der Waals surface area contributed by atoms with Crippen LogP contribution in [0.5, 0.6) is 5.75 Å². The average Bonchev–Trinajstić information content (AvgIpc) is 2.91. The Balaban J connectivity index is 1.86. The molecule has 2 aromatic carbocycles. The van der Waals surface area contributed by atoms with E-state index in [0.29, 0.717) is 6.42 Å². The first-order chi connectivity index (χ1) is 10.2. The molecule has 0 atom stereocenters. The number of carbonyl (C=O) groups is 1. The number of ketones is 1. The van der Waals surface area contributed by atoms with Crippen molar-refractivity contribution in [3.8, 4) is 5.75 Å². The Labute approximate surface area is 123 Å². The number of aryl methyl sites for hydroxylation is 1. The smallest absolute Gasteiger partial charge is 0.169 e. The van der Waals surface area contributed by atoms with Crippen molar-refractivity contribution in [1.29, 1.82) is 0 Å². The van der Waals surface area contributed by atoms with Gasteiger partial charge in [-0.15, -0.1) is 0 Å². The van der Waals surface area contributed by atoms with Gasteiger partial charge in [-0.05, 0) is 36.2 Å². The number of methoxy groups -OCH3 is 1. The van der Waals surface area contributed by atoms with E-state index < -0.39 is 0 Å². The van der Waals surface area contributed by atoms with Crippen LogP contribution in [0.25, 0.3) is 10.9 Å². The Morgan fingerprint density at radius 2 is 1.90 bits per heavy atom. The zero-order valence-corrected chi connectivity index (χ0v) is 12.1. The molecule has 0 saturated heterocycles. The zero-order chi connectivity index (χ0) is 14.8. The van der Waals surface area contributed by atoms with E-state index in [1.807, 2.05) is 43.3 Å². The summed E-state index contributed by atoms with van der Waals surface area (Å²) < 4.78 is 5.13. The first kappa shape index (κ1) is 13.4. The molecule has 0 saturated carbocycles. The fraction of sp³-hybridized carbons (Fsp3) is 0.167. The van der Waals surface area contributed by atoms with Crippen LogP contribution in [-0.4, -0.2) is 17.9 Å². The molecule has 0 radical (unpaired) electrons. The van der Waals surface area contributed by atoms with E-state index in [4.69, 9.17) is 4.74 Å². The monoisotopic (exact) mass is 279 g/mol. The van der Waals surface area contributed by atoms with Gasteiger partial charge in [-0.25, -0.2) is 0 Å². The van der Waals surface area contributed by atoms with Crippen molar-refractivity contribution in [1.82, 2.24) is 4.98 Å². The fourth-order valence-electron chi connectivity index (χ4n) is 2.49. The van der Waals surface area contributed by atoms with E-state index in [0.717, 1.165) is 27.8 Å². The SMILES string of the molecule is COc1ccc(CC(=O)c2c[nH]c3cc(C)ccc23)cc1. The molecule has 106 valence electrons. The Morgan fingerprint density at radius 3 is 2.62 bits per heavy atom. The Kier molecular flexibility index (Phi) is 3.48. The molecule has 0 aliphatic carbocycles. The summed E-state index contributed by atoms with van der Waals surface area (Å²) in [5.41, 5.74) is 3.93. The summed E-state index contributed by atoms with van der Waals surface area (Å²) in [6, 6.07) is 13.7. The summed E-state index contributed by atoms with van der Waals surface area (Å²) in [6.07, 6.45) is 2.20. The third-order valence-electron chi connectivity index (χ3n) is 3.66. The summed E-state index contributed by atoms with van der Waals surface area (Å²) >= 11 is 0. The quantitative estimate of drug-likeness (QED) is 0.736. The minimum Gasteiger partial charge on any atom is -0.497 e. The summed E-state index contributed by atoms with van der Waals surface area (Å²) in [4.78, 5) is 15.7. The zero-order valence-electron chi connectivity index (χ0n) is 12.1. The Morgan fingerprint density at radius 1 is 1.14 bits per heavy atom. The number of H-pyrrole nitrogens is 1. The van der Waals surface area contributed by atoms with E-state index in [-0.39, 0.29) is 5.78 Å². The molecule has 0 amide bonds. The lowest BCUT2D eigenvalue weighted by atomic mass is 10.0. The molecule has 0 bridgehead atoms. The minimum atomic E-state index is 0.121. The largest absolute Gasteiger partial charge is 0.497 e. The van der Waals surface area contributed by atoms with Gasteiger partial charge in [-0.2, -0.15) is 0 Å². The molecule has 21 heavy (non-hydrogen) atoms. The molecule has 3 nitrogen and oxygen atoms in total. The van der Waals surface area contributed by atoms with Crippen LogP contribution in [0, 0.1) is 6.92 Å². The first-order valence-electron chi connectivity index (χ1n) is 6.91. The summed E-state index contributed by atoms with van der Waals surface area (Å²) in [5.74, 6) is 0.920. The molecule has 0 aliphatic heterocycles. The highest BCUT2D eigenvalue weighted by atomic mass is 16.5. The normalized spacial score (nSPS) is 10.8. The summed E-state index contributed by atoms with van der Waals surface area (Å²) in [7, 11) is 1.63. The fourth-order valence-corrected chi connectivity index (χ4v) is 2.49. The van der Waals surface area contributed by atoms with Crippen LogP contribution in [0.2, 0.25) is 0 Å². The summed E-state index contributed by atoms with van der Waals surface area (Å²) in [6.45, 7) is 2.04. The maximum absolute atomic E-state index is 12.5. The molecule has 3 aromatic rings. The first-order valence-corrected chi connectivity index (χ1v) is 6.91. The highest BCUT2D eigenvalue weighted by Crippen LogP contribution is 2.21. The van der Waals surface area contributed by atoms with Gasteiger partial charge in [-0.1, -0.05) is 24.3 Å². The van der Waals surface area contributed by atoms with E-state index in [1.165, 1.54) is 5.56 Å². The Bertz CT molecular complexity index is 785. The van der Waals surface area contributed by atoms with Crippen molar-refractivity contribution < 1.29 is 9.53 Å². The van der Waals surface area contributed by atoms with Crippen molar-refractivity contribution in [3.63, 3.8) is 0 Å². The molecular formula is C18H17NO2. The van der Waals surface area contributed by atoms with Gasteiger partial charge < -0.3 is 9.72 Å². The van der Waals surface area contributed by atoms with Gasteiger partial charge in [0.25, 0.3) is 0 Å². The second kappa shape index (κ2) is 5.44. The van der Waals surface area contributed by atoms with Crippen LogP contribution in [0.15, 0.2) is 48.7 Å². The lowest BCUT2D eigenvalue weighted by Gasteiger charge is -2.03. The van der Waals surface area contributed by atoms with E-state index in [9.17, 15) is 4.79 Å². The number of ether oxygens (including phenoxy) is 1. The lowest BCUT2D eigenvalue weighted by Crippen LogP contribution is -2.02. The van der Waals surface area contributed by atoms with Crippen molar-refractivity contribution in [2.45, 2.75) is 13.3 Å². The number of hydrogen-bond acceptors (Lipinski definition) is 2. The standard InChI is InChI=1S/C18H17NO2/c1-12-3-8-15-16(11-19-17(15)9-12)18(20)10-13-4-6-14(21-2)7-5-13/h3-9,11,19H,10H2,1-2H3. The van der Waals surface area contributed by atoms with Crippen molar-refractivity contribution >= 4 is 16.7 Å². The van der Waals surface area contributed by atoms with Gasteiger partial charge in [0.1, 0.15) is 5.75 Å². The maximum Gasteiger partial charge on any atom is 0.169 e. The molecule has 0 spiro atoms. The number of nitrogens with one attached hydrogen (secondary N) is 1. The van der Waals surface area contributed by atoms with Crippen molar-refractivity contribution in [2.75, 3.05) is 7.11 Å². The molecule has 1 aromatic heterocycles. The average molecular weight is 279 g/mol. The highest BCUT2D eigenvalue weighted by Gasteiger charge is 2.12. The third-order valence-corrected chi connectivity index (χ3v) is 3.66. The molecule has 3 rings (SSSR count). The third kappa shape index (κ3) is 2.68. The predicted molar refractivity (Wildman–Crippen MR) is 84.1 cm³/mol. The van der Waals surface area contributed by atoms with Gasteiger partial charge in [0.15, 0.2) is 5.78 Å². The van der Waals surface area contributed by atoms with Crippen LogP contribution in [0.1, 0.15) is 21.5 Å². The topological polar surface area (TPSA) is 42.1 Å². The second-order valence-corrected chi connectivity index (χ2v) is 5.20. The number of carbonyl (C=O) groups excluding carboxylic acids is 1. The molecule has 1 heterocycles. The highest BCUT2D eigenvalue weighted by molar-refractivity contribution is 6.08. The Hall–Kier alpha value is -2.55. The van der Waals surface area contributed by atoms with Crippen LogP contribution >= 0.6 is 0 Å². The number of rotatable bonds is 4. The van der Waals surface area contributed by atoms with Crippen LogP contribution < -0.4 is 4.74 Å². The van der Waals surface area contributed by atoms with Crippen LogP contribution in [0.4, 0.5) is 0 Å². The van der Waals surface area contributed by atoms with Crippen LogP contribution in [0.3, 0.4) is 0 Å². The molecule has 0 aliphatic rings. The molecule has 0 unspecified atom stereocenters. The van der Waals surface area contributed by atoms with E-state index >= 15 is 0 Å². The molecular weight excluding hydrogens is 262 g/mol. The van der Waals surface area contributed by atoms with E-state index in [2.05, 4.69) is 11.1 Å². The second-order valence-electron chi connectivity index (χ2n) is 5.20. The van der Waals surface area contributed by atoms with Gasteiger partial charge >= 0.3 is 0 Å². The van der Waals surface area contributed by atoms with Gasteiger partial charge in [-0.3, -0.25) is 4.79 Å². The van der Waals surface area contributed by atoms with E-state index in [1.54, 1.807) is 13.3 Å². The molecule has 1 N–H and O–H groups in total. The van der Waals surface area contributed by atoms with Crippen LogP contribution in [-0.2, 0) is 6.42 Å².